The van der Waals surface area contributed by atoms with Crippen LogP contribution in [0.4, 0.5) is 5.82 Å². The molecule has 5 heteroatoms. The lowest BCUT2D eigenvalue weighted by atomic mass is 9.87. The Morgan fingerprint density at radius 1 is 1.44 bits per heavy atom. The van der Waals surface area contributed by atoms with Crippen molar-refractivity contribution >= 4 is 29.0 Å². The maximum Gasteiger partial charge on any atom is 0.224 e. The molecule has 0 amide bonds. The number of hydrogen-bond donors (Lipinski definition) is 1. The van der Waals surface area contributed by atoms with E-state index in [1.807, 2.05) is 0 Å². The molecule has 0 spiro atoms. The van der Waals surface area contributed by atoms with Gasteiger partial charge < -0.3 is 5.32 Å². The highest BCUT2D eigenvalue weighted by Gasteiger charge is 2.34. The van der Waals surface area contributed by atoms with Crippen LogP contribution in [0.15, 0.2) is 6.20 Å². The van der Waals surface area contributed by atoms with Gasteiger partial charge in [0, 0.05) is 6.04 Å². The van der Waals surface area contributed by atoms with Crippen molar-refractivity contribution < 1.29 is 0 Å². The fourth-order valence-electron chi connectivity index (χ4n) is 2.21. The lowest BCUT2D eigenvalue weighted by Crippen LogP contribution is -2.31. The predicted octanol–water partition coefficient (Wildman–Crippen LogP) is 3.77. The van der Waals surface area contributed by atoms with Gasteiger partial charge in [-0.3, -0.25) is 0 Å². The molecule has 1 aliphatic rings. The van der Waals surface area contributed by atoms with E-state index in [1.165, 1.54) is 19.0 Å². The van der Waals surface area contributed by atoms with E-state index in [9.17, 15) is 0 Å². The molecule has 1 unspecified atom stereocenters. The topological polar surface area (TPSA) is 37.8 Å². The van der Waals surface area contributed by atoms with Crippen LogP contribution in [0.5, 0.6) is 0 Å². The Bertz CT molecular complexity index is 393. The first-order chi connectivity index (χ1) is 7.49. The van der Waals surface area contributed by atoms with Crippen molar-refractivity contribution in [2.24, 2.45) is 5.41 Å². The average molecular weight is 260 g/mol. The maximum absolute atomic E-state index is 6.02. The van der Waals surface area contributed by atoms with E-state index < -0.39 is 0 Å². The Balaban J connectivity index is 2.17. The Morgan fingerprint density at radius 2 is 2.19 bits per heavy atom. The number of aromatic nitrogens is 2. The molecule has 0 aromatic carbocycles. The third-order valence-corrected chi connectivity index (χ3v) is 3.74. The predicted molar refractivity (Wildman–Crippen MR) is 67.1 cm³/mol. The number of halogens is 2. The third kappa shape index (κ3) is 2.41. The van der Waals surface area contributed by atoms with Crippen LogP contribution in [0.3, 0.4) is 0 Å². The van der Waals surface area contributed by atoms with Gasteiger partial charge in [0.1, 0.15) is 10.8 Å². The fraction of sp³-hybridized carbons (Fsp3) is 0.636. The molecular formula is C11H15Cl2N3. The molecule has 2 rings (SSSR count). The summed E-state index contributed by atoms with van der Waals surface area (Å²) >= 11 is 11.8. The van der Waals surface area contributed by atoms with Crippen molar-refractivity contribution in [2.45, 2.75) is 39.2 Å². The minimum Gasteiger partial charge on any atom is -0.365 e. The van der Waals surface area contributed by atoms with E-state index >= 15 is 0 Å². The van der Waals surface area contributed by atoms with Crippen LogP contribution < -0.4 is 5.32 Å². The van der Waals surface area contributed by atoms with E-state index in [-0.39, 0.29) is 10.7 Å². The van der Waals surface area contributed by atoms with Gasteiger partial charge in [-0.25, -0.2) is 4.98 Å². The highest BCUT2D eigenvalue weighted by Crippen LogP contribution is 2.39. The molecule has 0 aliphatic heterocycles. The molecule has 1 atom stereocenters. The summed E-state index contributed by atoms with van der Waals surface area (Å²) in [5.41, 5.74) is 0.279. The maximum atomic E-state index is 6.02. The molecule has 1 aliphatic carbocycles. The smallest absolute Gasteiger partial charge is 0.224 e. The Labute approximate surface area is 106 Å². The standard InChI is InChI=1S/C11H15Cl2N3/c1-11(2)5-3-4-8(11)15-9-7(12)6-14-10(13)16-9/h6,8H,3-5H2,1-2H3,(H,14,15,16). The Morgan fingerprint density at radius 3 is 2.81 bits per heavy atom. The second-order valence-electron chi connectivity index (χ2n) is 4.91. The van der Waals surface area contributed by atoms with Gasteiger partial charge in [0.15, 0.2) is 0 Å². The van der Waals surface area contributed by atoms with Gasteiger partial charge in [-0.05, 0) is 29.9 Å². The molecule has 0 radical (unpaired) electrons. The second kappa shape index (κ2) is 4.38. The number of rotatable bonds is 2. The molecule has 3 nitrogen and oxygen atoms in total. The summed E-state index contributed by atoms with van der Waals surface area (Å²) in [6.45, 7) is 4.52. The van der Waals surface area contributed by atoms with Gasteiger partial charge in [0.25, 0.3) is 0 Å². The molecule has 0 bridgehead atoms. The summed E-state index contributed by atoms with van der Waals surface area (Å²) in [5.74, 6) is 0.640. The quantitative estimate of drug-likeness (QED) is 0.822. The van der Waals surface area contributed by atoms with Crippen LogP contribution in [0.2, 0.25) is 10.3 Å². The van der Waals surface area contributed by atoms with Gasteiger partial charge in [-0.15, -0.1) is 0 Å². The summed E-state index contributed by atoms with van der Waals surface area (Å²) in [5, 5.41) is 4.12. The first kappa shape index (κ1) is 11.9. The monoisotopic (exact) mass is 259 g/mol. The van der Waals surface area contributed by atoms with Gasteiger partial charge in [0.05, 0.1) is 6.20 Å². The van der Waals surface area contributed by atoms with Crippen molar-refractivity contribution in [3.05, 3.63) is 16.5 Å². The zero-order valence-electron chi connectivity index (χ0n) is 9.43. The van der Waals surface area contributed by atoms with Crippen LogP contribution in [0.1, 0.15) is 33.1 Å². The van der Waals surface area contributed by atoms with E-state index in [1.54, 1.807) is 0 Å². The highest BCUT2D eigenvalue weighted by molar-refractivity contribution is 6.33. The number of hydrogen-bond acceptors (Lipinski definition) is 3. The van der Waals surface area contributed by atoms with Gasteiger partial charge >= 0.3 is 0 Å². The first-order valence-corrected chi connectivity index (χ1v) is 6.19. The van der Waals surface area contributed by atoms with Crippen molar-refractivity contribution in [2.75, 3.05) is 5.32 Å². The molecule has 1 heterocycles. The van der Waals surface area contributed by atoms with Gasteiger partial charge in [0.2, 0.25) is 5.28 Å². The van der Waals surface area contributed by atoms with Crippen LogP contribution >= 0.6 is 23.2 Å². The molecular weight excluding hydrogens is 245 g/mol. The van der Waals surface area contributed by atoms with Crippen molar-refractivity contribution in [1.82, 2.24) is 9.97 Å². The Hall–Kier alpha value is -0.540. The zero-order chi connectivity index (χ0) is 11.8. The molecule has 1 fully saturated rings. The SMILES string of the molecule is CC1(C)CCCC1Nc1nc(Cl)ncc1Cl. The molecule has 16 heavy (non-hydrogen) atoms. The molecule has 0 saturated heterocycles. The summed E-state index contributed by atoms with van der Waals surface area (Å²) in [4.78, 5) is 7.95. The summed E-state index contributed by atoms with van der Waals surface area (Å²) in [7, 11) is 0. The van der Waals surface area contributed by atoms with E-state index in [4.69, 9.17) is 23.2 Å². The molecule has 88 valence electrons. The van der Waals surface area contributed by atoms with Crippen LogP contribution in [-0.4, -0.2) is 16.0 Å². The Kier molecular flexibility index (Phi) is 3.27. The van der Waals surface area contributed by atoms with Crippen LogP contribution in [0, 0.1) is 5.41 Å². The van der Waals surface area contributed by atoms with E-state index in [0.29, 0.717) is 16.9 Å². The van der Waals surface area contributed by atoms with Crippen LogP contribution in [0.25, 0.3) is 0 Å². The molecule has 1 aromatic rings. The number of nitrogens with zero attached hydrogens (tertiary/aromatic N) is 2. The summed E-state index contributed by atoms with van der Waals surface area (Å²) < 4.78 is 0. The van der Waals surface area contributed by atoms with Gasteiger partial charge in [-0.2, -0.15) is 4.98 Å². The second-order valence-corrected chi connectivity index (χ2v) is 5.66. The van der Waals surface area contributed by atoms with Crippen molar-refractivity contribution in [3.63, 3.8) is 0 Å². The lowest BCUT2D eigenvalue weighted by Gasteiger charge is -2.28. The normalized spacial score (nSPS) is 23.4. The minimum absolute atomic E-state index is 0.225. The minimum atomic E-state index is 0.225. The van der Waals surface area contributed by atoms with Crippen molar-refractivity contribution in [1.29, 1.82) is 0 Å². The number of nitrogens with one attached hydrogen (secondary N) is 1. The molecule has 1 aromatic heterocycles. The average Bonchev–Trinajstić information content (AvgIpc) is 2.52. The van der Waals surface area contributed by atoms with Gasteiger partial charge in [-0.1, -0.05) is 31.9 Å². The third-order valence-electron chi connectivity index (χ3n) is 3.28. The van der Waals surface area contributed by atoms with Crippen LogP contribution in [-0.2, 0) is 0 Å². The highest BCUT2D eigenvalue weighted by atomic mass is 35.5. The fourth-order valence-corrected chi connectivity index (χ4v) is 2.49. The van der Waals surface area contributed by atoms with Crippen molar-refractivity contribution in [3.8, 4) is 0 Å². The largest absolute Gasteiger partial charge is 0.365 e. The molecule has 1 N–H and O–H groups in total. The molecule has 1 saturated carbocycles. The number of anilines is 1. The first-order valence-electron chi connectivity index (χ1n) is 5.43. The lowest BCUT2D eigenvalue weighted by molar-refractivity contribution is 0.349. The van der Waals surface area contributed by atoms with E-state index in [0.717, 1.165) is 6.42 Å². The summed E-state index contributed by atoms with van der Waals surface area (Å²) in [6, 6.07) is 0.399. The summed E-state index contributed by atoms with van der Waals surface area (Å²) in [6.07, 6.45) is 5.13. The van der Waals surface area contributed by atoms with E-state index in [2.05, 4.69) is 29.1 Å². The zero-order valence-corrected chi connectivity index (χ0v) is 10.9.